The molecular formula is C16H32N2. The van der Waals surface area contributed by atoms with Gasteiger partial charge < -0.3 is 11.5 Å². The fourth-order valence-corrected chi connectivity index (χ4v) is 3.82. The van der Waals surface area contributed by atoms with Gasteiger partial charge in [-0.3, -0.25) is 0 Å². The van der Waals surface area contributed by atoms with Gasteiger partial charge in [-0.1, -0.05) is 25.7 Å². The highest BCUT2D eigenvalue weighted by atomic mass is 14.6. The van der Waals surface area contributed by atoms with Crippen LogP contribution in [0.1, 0.15) is 77.0 Å². The van der Waals surface area contributed by atoms with E-state index in [1.807, 2.05) is 0 Å². The van der Waals surface area contributed by atoms with Crippen LogP contribution in [0.3, 0.4) is 0 Å². The summed E-state index contributed by atoms with van der Waals surface area (Å²) in [7, 11) is 0. The average molecular weight is 252 g/mol. The standard InChI is InChI=1S/C16H32N2/c17-15-9-5-13(6-10-15)3-1-2-4-14-7-11-16(18)12-8-14/h13-16H,1-12,17-18H2. The number of hydrogen-bond acceptors (Lipinski definition) is 2. The number of hydrogen-bond donors (Lipinski definition) is 2. The smallest absolute Gasteiger partial charge is 0.00390 e. The van der Waals surface area contributed by atoms with Crippen molar-refractivity contribution in [3.8, 4) is 0 Å². The van der Waals surface area contributed by atoms with E-state index in [1.54, 1.807) is 0 Å². The number of rotatable bonds is 5. The van der Waals surface area contributed by atoms with Crippen LogP contribution in [0.5, 0.6) is 0 Å². The van der Waals surface area contributed by atoms with Crippen molar-refractivity contribution in [2.45, 2.75) is 89.1 Å². The molecule has 2 rings (SSSR count). The first-order valence-electron chi connectivity index (χ1n) is 8.25. The first-order chi connectivity index (χ1) is 8.74. The number of nitrogens with two attached hydrogens (primary N) is 2. The highest BCUT2D eigenvalue weighted by Crippen LogP contribution is 2.30. The molecule has 0 saturated heterocycles. The van der Waals surface area contributed by atoms with E-state index in [1.165, 1.54) is 77.0 Å². The van der Waals surface area contributed by atoms with E-state index in [0.29, 0.717) is 12.1 Å². The largest absolute Gasteiger partial charge is 0.328 e. The lowest BCUT2D eigenvalue weighted by Gasteiger charge is -2.27. The zero-order valence-electron chi connectivity index (χ0n) is 11.9. The van der Waals surface area contributed by atoms with Crippen LogP contribution < -0.4 is 11.5 Å². The van der Waals surface area contributed by atoms with E-state index in [4.69, 9.17) is 11.5 Å². The molecular weight excluding hydrogens is 220 g/mol. The van der Waals surface area contributed by atoms with Crippen molar-refractivity contribution < 1.29 is 0 Å². The molecule has 0 bridgehead atoms. The second-order valence-electron chi connectivity index (χ2n) is 6.85. The number of unbranched alkanes of at least 4 members (excludes halogenated alkanes) is 1. The van der Waals surface area contributed by atoms with E-state index in [2.05, 4.69) is 0 Å². The van der Waals surface area contributed by atoms with Gasteiger partial charge in [-0.15, -0.1) is 0 Å². The molecule has 0 amide bonds. The Labute approximate surface area is 113 Å². The molecule has 2 aliphatic rings. The zero-order valence-corrected chi connectivity index (χ0v) is 11.9. The van der Waals surface area contributed by atoms with Gasteiger partial charge in [-0.25, -0.2) is 0 Å². The summed E-state index contributed by atoms with van der Waals surface area (Å²) < 4.78 is 0. The fraction of sp³-hybridized carbons (Fsp3) is 1.00. The Kier molecular flexibility index (Phi) is 5.97. The molecule has 0 aromatic carbocycles. The van der Waals surface area contributed by atoms with E-state index >= 15 is 0 Å². The third-order valence-corrected chi connectivity index (χ3v) is 5.26. The minimum atomic E-state index is 0.507. The Morgan fingerprint density at radius 1 is 0.556 bits per heavy atom. The van der Waals surface area contributed by atoms with Crippen molar-refractivity contribution in [2.24, 2.45) is 23.3 Å². The lowest BCUT2D eigenvalue weighted by molar-refractivity contribution is 0.281. The van der Waals surface area contributed by atoms with Crippen LogP contribution in [0.2, 0.25) is 0 Å². The van der Waals surface area contributed by atoms with Gasteiger partial charge >= 0.3 is 0 Å². The van der Waals surface area contributed by atoms with Crippen molar-refractivity contribution in [3.05, 3.63) is 0 Å². The lowest BCUT2D eigenvalue weighted by atomic mass is 9.81. The van der Waals surface area contributed by atoms with Gasteiger partial charge in [0.15, 0.2) is 0 Å². The summed E-state index contributed by atoms with van der Waals surface area (Å²) in [5, 5.41) is 0. The Hall–Kier alpha value is -0.0800. The second kappa shape index (κ2) is 7.49. The van der Waals surface area contributed by atoms with Crippen LogP contribution in [0.4, 0.5) is 0 Å². The normalized spacial score (nSPS) is 37.7. The van der Waals surface area contributed by atoms with E-state index < -0.39 is 0 Å². The molecule has 2 fully saturated rings. The van der Waals surface area contributed by atoms with Gasteiger partial charge in [-0.2, -0.15) is 0 Å². The Morgan fingerprint density at radius 3 is 1.22 bits per heavy atom. The van der Waals surface area contributed by atoms with Crippen LogP contribution in [-0.2, 0) is 0 Å². The summed E-state index contributed by atoms with van der Waals surface area (Å²) in [4.78, 5) is 0. The maximum Gasteiger partial charge on any atom is 0.00390 e. The van der Waals surface area contributed by atoms with E-state index in [-0.39, 0.29) is 0 Å². The summed E-state index contributed by atoms with van der Waals surface area (Å²) in [6.45, 7) is 0. The Balaban J connectivity index is 1.48. The van der Waals surface area contributed by atoms with Gasteiger partial charge in [0.1, 0.15) is 0 Å². The molecule has 0 aromatic heterocycles. The van der Waals surface area contributed by atoms with Gasteiger partial charge in [-0.05, 0) is 63.2 Å². The van der Waals surface area contributed by atoms with Crippen molar-refractivity contribution in [3.63, 3.8) is 0 Å². The molecule has 0 atom stereocenters. The molecule has 0 unspecified atom stereocenters. The van der Waals surface area contributed by atoms with Gasteiger partial charge in [0, 0.05) is 12.1 Å². The quantitative estimate of drug-likeness (QED) is 0.735. The Bertz CT molecular complexity index is 189. The van der Waals surface area contributed by atoms with Crippen molar-refractivity contribution in [1.29, 1.82) is 0 Å². The predicted molar refractivity (Wildman–Crippen MR) is 78.3 cm³/mol. The molecule has 2 heteroatoms. The minimum absolute atomic E-state index is 0.507. The maximum atomic E-state index is 5.95. The predicted octanol–water partition coefficient (Wildman–Crippen LogP) is 3.58. The summed E-state index contributed by atoms with van der Waals surface area (Å²) in [5.41, 5.74) is 11.9. The average Bonchev–Trinajstić information content (AvgIpc) is 2.39. The van der Waals surface area contributed by atoms with Crippen LogP contribution in [0.15, 0.2) is 0 Å². The first-order valence-corrected chi connectivity index (χ1v) is 8.25. The SMILES string of the molecule is NC1CCC(CCCCC2CCC(N)CC2)CC1. The summed E-state index contributed by atoms with van der Waals surface area (Å²) in [6, 6.07) is 1.01. The summed E-state index contributed by atoms with van der Waals surface area (Å²) in [5.74, 6) is 1.98. The van der Waals surface area contributed by atoms with Crippen molar-refractivity contribution >= 4 is 0 Å². The molecule has 0 heterocycles. The first kappa shape index (κ1) is 14.3. The molecule has 2 saturated carbocycles. The van der Waals surface area contributed by atoms with Gasteiger partial charge in [0.25, 0.3) is 0 Å². The lowest BCUT2D eigenvalue weighted by Crippen LogP contribution is -2.26. The highest BCUT2D eigenvalue weighted by molar-refractivity contribution is 4.76. The molecule has 18 heavy (non-hydrogen) atoms. The third kappa shape index (κ3) is 4.89. The maximum absolute atomic E-state index is 5.95. The fourth-order valence-electron chi connectivity index (χ4n) is 3.82. The van der Waals surface area contributed by atoms with E-state index in [0.717, 1.165) is 11.8 Å². The molecule has 4 N–H and O–H groups in total. The molecule has 0 spiro atoms. The monoisotopic (exact) mass is 252 g/mol. The highest BCUT2D eigenvalue weighted by Gasteiger charge is 2.19. The van der Waals surface area contributed by atoms with Crippen molar-refractivity contribution in [1.82, 2.24) is 0 Å². The van der Waals surface area contributed by atoms with Crippen LogP contribution in [0, 0.1) is 11.8 Å². The van der Waals surface area contributed by atoms with Crippen molar-refractivity contribution in [2.75, 3.05) is 0 Å². The van der Waals surface area contributed by atoms with Crippen LogP contribution in [-0.4, -0.2) is 12.1 Å². The van der Waals surface area contributed by atoms with Gasteiger partial charge in [0.05, 0.1) is 0 Å². The molecule has 0 aliphatic heterocycles. The molecule has 0 radical (unpaired) electrons. The molecule has 2 nitrogen and oxygen atoms in total. The van der Waals surface area contributed by atoms with Crippen LogP contribution >= 0.6 is 0 Å². The minimum Gasteiger partial charge on any atom is -0.328 e. The topological polar surface area (TPSA) is 52.0 Å². The summed E-state index contributed by atoms with van der Waals surface area (Å²) >= 11 is 0. The second-order valence-corrected chi connectivity index (χ2v) is 6.85. The Morgan fingerprint density at radius 2 is 0.889 bits per heavy atom. The van der Waals surface area contributed by atoms with Gasteiger partial charge in [0.2, 0.25) is 0 Å². The van der Waals surface area contributed by atoms with E-state index in [9.17, 15) is 0 Å². The molecule has 106 valence electrons. The molecule has 2 aliphatic carbocycles. The van der Waals surface area contributed by atoms with Crippen LogP contribution in [0.25, 0.3) is 0 Å². The molecule has 0 aromatic rings. The third-order valence-electron chi connectivity index (χ3n) is 5.26. The summed E-state index contributed by atoms with van der Waals surface area (Å²) in [6.07, 6.45) is 16.4. The zero-order chi connectivity index (χ0) is 12.8.